The lowest BCUT2D eigenvalue weighted by Crippen LogP contribution is -2.17. The Bertz CT molecular complexity index is 624. The number of nitrogens with two attached hydrogens (primary N) is 1. The number of rotatable bonds is 3. The van der Waals surface area contributed by atoms with Gasteiger partial charge < -0.3 is 10.5 Å². The minimum absolute atomic E-state index is 0.0816. The summed E-state index contributed by atoms with van der Waals surface area (Å²) in [6, 6.07) is 9.81. The van der Waals surface area contributed by atoms with Gasteiger partial charge in [0.25, 0.3) is 5.91 Å². The second kappa shape index (κ2) is 5.20. The number of carbonyl (C=O) groups excluding carboxylic acids is 1. The molecule has 2 rings (SSSR count). The zero-order chi connectivity index (χ0) is 14.8. The minimum Gasteiger partial charge on any atom is -0.406 e. The fraction of sp³-hybridized carbons (Fsp3) is 0.0769. The normalized spacial score (nSPS) is 11.2. The zero-order valence-electron chi connectivity index (χ0n) is 10.0. The summed E-state index contributed by atoms with van der Waals surface area (Å²) in [6.07, 6.45) is -4.73. The van der Waals surface area contributed by atoms with Crippen LogP contribution in [0, 0.1) is 0 Å². The summed E-state index contributed by atoms with van der Waals surface area (Å²) in [7, 11) is 0. The average molecular weight is 282 g/mol. The van der Waals surface area contributed by atoms with Crippen LogP contribution in [0.5, 0.6) is 5.75 Å². The molecule has 0 aliphatic carbocycles. The minimum atomic E-state index is -4.73. The number of alkyl halides is 3. The number of hydrogen-bond acceptors (Lipinski definition) is 3. The number of hydrogen-bond donors (Lipinski definition) is 1. The third kappa shape index (κ3) is 3.47. The molecule has 7 heteroatoms. The highest BCUT2D eigenvalue weighted by molar-refractivity contribution is 5.91. The van der Waals surface area contributed by atoms with Crippen LogP contribution in [0.2, 0.25) is 0 Å². The second-order valence-electron chi connectivity index (χ2n) is 3.84. The standard InChI is InChI=1S/C13H9F3N2O2/c14-13(15,16)20-9-6-4-8(5-7-9)10-2-1-3-11(18-10)12(17)19/h1-7H,(H2,17,19). The van der Waals surface area contributed by atoms with E-state index in [0.29, 0.717) is 11.3 Å². The quantitative estimate of drug-likeness (QED) is 0.941. The molecular formula is C13H9F3N2O2. The van der Waals surface area contributed by atoms with E-state index in [9.17, 15) is 18.0 Å². The number of primary amides is 1. The van der Waals surface area contributed by atoms with Crippen molar-refractivity contribution in [2.45, 2.75) is 6.36 Å². The van der Waals surface area contributed by atoms with E-state index in [2.05, 4.69) is 9.72 Å². The van der Waals surface area contributed by atoms with Crippen LogP contribution in [-0.2, 0) is 0 Å². The van der Waals surface area contributed by atoms with E-state index in [1.807, 2.05) is 0 Å². The summed E-state index contributed by atoms with van der Waals surface area (Å²) in [5.74, 6) is -1.00. The highest BCUT2D eigenvalue weighted by Gasteiger charge is 2.30. The number of benzene rings is 1. The predicted molar refractivity (Wildman–Crippen MR) is 64.9 cm³/mol. The molecule has 0 spiro atoms. The number of pyridine rings is 1. The maximum Gasteiger partial charge on any atom is 0.573 e. The number of ether oxygens (including phenoxy) is 1. The number of amides is 1. The SMILES string of the molecule is NC(=O)c1cccc(-c2ccc(OC(F)(F)F)cc2)n1. The topological polar surface area (TPSA) is 65.2 Å². The Hall–Kier alpha value is -2.57. The first-order valence-corrected chi connectivity index (χ1v) is 5.48. The number of aromatic nitrogens is 1. The van der Waals surface area contributed by atoms with Gasteiger partial charge in [0.1, 0.15) is 11.4 Å². The molecule has 0 unspecified atom stereocenters. The Balaban J connectivity index is 2.26. The van der Waals surface area contributed by atoms with E-state index in [1.54, 1.807) is 12.1 Å². The monoisotopic (exact) mass is 282 g/mol. The molecule has 0 aliphatic heterocycles. The summed E-state index contributed by atoms with van der Waals surface area (Å²) in [4.78, 5) is 15.0. The summed E-state index contributed by atoms with van der Waals surface area (Å²) < 4.78 is 39.8. The Morgan fingerprint density at radius 3 is 2.30 bits per heavy atom. The van der Waals surface area contributed by atoms with Gasteiger partial charge in [0.05, 0.1) is 5.69 Å². The van der Waals surface area contributed by atoms with Crippen molar-refractivity contribution < 1.29 is 22.7 Å². The average Bonchev–Trinajstić information content (AvgIpc) is 2.38. The molecule has 1 aromatic carbocycles. The molecule has 20 heavy (non-hydrogen) atoms. The fourth-order valence-corrected chi connectivity index (χ4v) is 1.56. The van der Waals surface area contributed by atoms with E-state index >= 15 is 0 Å². The maximum atomic E-state index is 12.0. The fourth-order valence-electron chi connectivity index (χ4n) is 1.56. The van der Waals surface area contributed by atoms with E-state index in [1.165, 1.54) is 30.3 Å². The molecule has 0 saturated heterocycles. The smallest absolute Gasteiger partial charge is 0.406 e. The first-order valence-electron chi connectivity index (χ1n) is 5.48. The first-order chi connectivity index (χ1) is 9.35. The van der Waals surface area contributed by atoms with Crippen molar-refractivity contribution in [3.63, 3.8) is 0 Å². The van der Waals surface area contributed by atoms with Crippen LogP contribution in [-0.4, -0.2) is 17.3 Å². The number of halogens is 3. The highest BCUT2D eigenvalue weighted by Crippen LogP contribution is 2.25. The molecule has 0 aliphatic rings. The number of nitrogens with zero attached hydrogens (tertiary/aromatic N) is 1. The van der Waals surface area contributed by atoms with Crippen molar-refractivity contribution in [1.29, 1.82) is 0 Å². The van der Waals surface area contributed by atoms with Crippen LogP contribution in [0.3, 0.4) is 0 Å². The van der Waals surface area contributed by atoms with Gasteiger partial charge in [-0.2, -0.15) is 0 Å². The molecule has 0 fully saturated rings. The Morgan fingerprint density at radius 1 is 1.10 bits per heavy atom. The van der Waals surface area contributed by atoms with Gasteiger partial charge in [-0.25, -0.2) is 4.98 Å². The van der Waals surface area contributed by atoms with Crippen molar-refractivity contribution >= 4 is 5.91 Å². The van der Waals surface area contributed by atoms with Gasteiger partial charge >= 0.3 is 6.36 Å². The van der Waals surface area contributed by atoms with Gasteiger partial charge in [0, 0.05) is 5.56 Å². The molecule has 1 aromatic heterocycles. The lowest BCUT2D eigenvalue weighted by molar-refractivity contribution is -0.274. The van der Waals surface area contributed by atoms with E-state index in [-0.39, 0.29) is 11.4 Å². The van der Waals surface area contributed by atoms with Crippen molar-refractivity contribution in [1.82, 2.24) is 4.98 Å². The van der Waals surface area contributed by atoms with E-state index in [0.717, 1.165) is 0 Å². The Kier molecular flexibility index (Phi) is 3.60. The summed E-state index contributed by atoms with van der Waals surface area (Å²) in [5.41, 5.74) is 6.16. The first kappa shape index (κ1) is 13.9. The van der Waals surface area contributed by atoms with Gasteiger partial charge in [-0.15, -0.1) is 13.2 Å². The van der Waals surface area contributed by atoms with Crippen LogP contribution < -0.4 is 10.5 Å². The highest BCUT2D eigenvalue weighted by atomic mass is 19.4. The lowest BCUT2D eigenvalue weighted by Gasteiger charge is -2.09. The van der Waals surface area contributed by atoms with Gasteiger partial charge in [-0.1, -0.05) is 6.07 Å². The van der Waals surface area contributed by atoms with Crippen LogP contribution in [0.1, 0.15) is 10.5 Å². The molecule has 0 bridgehead atoms. The zero-order valence-corrected chi connectivity index (χ0v) is 10.0. The molecule has 0 radical (unpaired) electrons. The second-order valence-corrected chi connectivity index (χ2v) is 3.84. The summed E-state index contributed by atoms with van der Waals surface area (Å²) in [6.45, 7) is 0. The number of carbonyl (C=O) groups is 1. The molecule has 1 amide bonds. The van der Waals surface area contributed by atoms with E-state index < -0.39 is 12.3 Å². The van der Waals surface area contributed by atoms with Crippen molar-refractivity contribution in [3.05, 3.63) is 48.2 Å². The predicted octanol–water partition coefficient (Wildman–Crippen LogP) is 2.75. The molecule has 0 atom stereocenters. The molecule has 4 nitrogen and oxygen atoms in total. The molecule has 1 heterocycles. The van der Waals surface area contributed by atoms with Crippen LogP contribution in [0.4, 0.5) is 13.2 Å². The van der Waals surface area contributed by atoms with Gasteiger partial charge in [-0.05, 0) is 36.4 Å². The van der Waals surface area contributed by atoms with Crippen LogP contribution in [0.25, 0.3) is 11.3 Å². The molecule has 2 N–H and O–H groups in total. The molecule has 2 aromatic rings. The van der Waals surface area contributed by atoms with Crippen molar-refractivity contribution in [2.24, 2.45) is 5.73 Å². The molecular weight excluding hydrogens is 273 g/mol. The Labute approximate surface area is 112 Å². The molecule has 104 valence electrons. The maximum absolute atomic E-state index is 12.0. The molecule has 0 saturated carbocycles. The van der Waals surface area contributed by atoms with Gasteiger partial charge in [0.15, 0.2) is 0 Å². The summed E-state index contributed by atoms with van der Waals surface area (Å²) in [5, 5.41) is 0. The van der Waals surface area contributed by atoms with Crippen LogP contribution >= 0.6 is 0 Å². The summed E-state index contributed by atoms with van der Waals surface area (Å²) >= 11 is 0. The largest absolute Gasteiger partial charge is 0.573 e. The third-order valence-corrected chi connectivity index (χ3v) is 2.39. The van der Waals surface area contributed by atoms with Crippen molar-refractivity contribution in [2.75, 3.05) is 0 Å². The van der Waals surface area contributed by atoms with Gasteiger partial charge in [0.2, 0.25) is 0 Å². The van der Waals surface area contributed by atoms with Crippen molar-refractivity contribution in [3.8, 4) is 17.0 Å². The lowest BCUT2D eigenvalue weighted by atomic mass is 10.1. The van der Waals surface area contributed by atoms with Gasteiger partial charge in [-0.3, -0.25) is 4.79 Å². The van der Waals surface area contributed by atoms with E-state index in [4.69, 9.17) is 5.73 Å². The van der Waals surface area contributed by atoms with Crippen LogP contribution in [0.15, 0.2) is 42.5 Å². The third-order valence-electron chi connectivity index (χ3n) is 2.39. The Morgan fingerprint density at radius 2 is 1.75 bits per heavy atom.